The molecule has 0 bridgehead atoms. The van der Waals surface area contributed by atoms with Crippen LogP contribution in [-0.4, -0.2) is 49.9 Å². The molecule has 1 unspecified atom stereocenters. The van der Waals surface area contributed by atoms with Gasteiger partial charge in [-0.05, 0) is 87.6 Å². The number of fused-ring (bicyclic) bond motifs is 4. The molecule has 0 radical (unpaired) electrons. The zero-order valence-corrected chi connectivity index (χ0v) is 22.2. The predicted octanol–water partition coefficient (Wildman–Crippen LogP) is 6.30. The summed E-state index contributed by atoms with van der Waals surface area (Å²) >= 11 is 0. The smallest absolute Gasteiger partial charge is 0.0784 e. The highest BCUT2D eigenvalue weighted by atomic mass is 15.2. The van der Waals surface area contributed by atoms with Gasteiger partial charge in [-0.2, -0.15) is 0 Å². The number of nitrogens with zero attached hydrogens (tertiary/aromatic N) is 5. The topological polar surface area (TPSA) is 60.9 Å². The maximum Gasteiger partial charge on any atom is 0.0784 e. The van der Waals surface area contributed by atoms with Crippen molar-refractivity contribution in [3.8, 4) is 0 Å². The van der Waals surface area contributed by atoms with Crippen LogP contribution >= 0.6 is 0 Å². The van der Waals surface area contributed by atoms with E-state index < -0.39 is 0 Å². The predicted molar refractivity (Wildman–Crippen MR) is 154 cm³/mol. The fraction of sp³-hybridized carbons (Fsp3) is 0.344. The second kappa shape index (κ2) is 11.4. The molecule has 4 heterocycles. The van der Waals surface area contributed by atoms with Gasteiger partial charge in [-0.3, -0.25) is 19.9 Å². The Morgan fingerprint density at radius 2 is 1.76 bits per heavy atom. The van der Waals surface area contributed by atoms with Gasteiger partial charge in [0.2, 0.25) is 0 Å². The molecule has 1 atom stereocenters. The average molecular weight is 505 g/mol. The Hall–Kier alpha value is -3.61. The molecule has 0 amide bonds. The number of H-pyrrole nitrogens is 1. The second-order valence-electron chi connectivity index (χ2n) is 10.6. The number of para-hydroxylation sites is 1. The summed E-state index contributed by atoms with van der Waals surface area (Å²) in [5.41, 5.74) is 7.38. The molecule has 1 aliphatic carbocycles. The van der Waals surface area contributed by atoms with Gasteiger partial charge >= 0.3 is 0 Å². The molecule has 6 heteroatoms. The molecule has 6 nitrogen and oxygen atoms in total. The van der Waals surface area contributed by atoms with Crippen molar-refractivity contribution >= 4 is 21.8 Å². The number of nitrogens with one attached hydrogen (secondary N) is 1. The fourth-order valence-electron chi connectivity index (χ4n) is 6.01. The van der Waals surface area contributed by atoms with Crippen molar-refractivity contribution in [3.63, 3.8) is 0 Å². The van der Waals surface area contributed by atoms with Crippen LogP contribution in [0, 0.1) is 0 Å². The van der Waals surface area contributed by atoms with E-state index in [1.165, 1.54) is 39.5 Å². The maximum absolute atomic E-state index is 4.89. The summed E-state index contributed by atoms with van der Waals surface area (Å²) in [5.74, 6) is 0. The van der Waals surface area contributed by atoms with E-state index >= 15 is 0 Å². The Balaban J connectivity index is 1.21. The Kier molecular flexibility index (Phi) is 7.42. The monoisotopic (exact) mass is 504 g/mol. The third-order valence-electron chi connectivity index (χ3n) is 7.88. The third-order valence-corrected chi connectivity index (χ3v) is 7.88. The number of hydrogen-bond acceptors (Lipinski definition) is 5. The molecule has 0 saturated carbocycles. The van der Waals surface area contributed by atoms with Gasteiger partial charge in [-0.15, -0.1) is 0 Å². The van der Waals surface area contributed by atoms with E-state index in [9.17, 15) is 0 Å². The summed E-state index contributed by atoms with van der Waals surface area (Å²) in [7, 11) is 2.20. The van der Waals surface area contributed by atoms with Crippen LogP contribution in [0.4, 0.5) is 0 Å². The summed E-state index contributed by atoms with van der Waals surface area (Å²) in [4.78, 5) is 22.7. The van der Waals surface area contributed by atoms with Crippen molar-refractivity contribution in [2.45, 2.75) is 51.2 Å². The van der Waals surface area contributed by atoms with Gasteiger partial charge in [0, 0.05) is 54.2 Å². The van der Waals surface area contributed by atoms with Crippen molar-refractivity contribution in [3.05, 3.63) is 102 Å². The first kappa shape index (κ1) is 24.7. The highest BCUT2D eigenvalue weighted by molar-refractivity contribution is 6.07. The zero-order chi connectivity index (χ0) is 25.7. The molecule has 0 fully saturated rings. The molecule has 0 spiro atoms. The molecule has 0 aliphatic heterocycles. The van der Waals surface area contributed by atoms with Crippen molar-refractivity contribution in [1.29, 1.82) is 0 Å². The van der Waals surface area contributed by atoms with E-state index in [1.807, 2.05) is 30.9 Å². The van der Waals surface area contributed by atoms with Crippen molar-refractivity contribution < 1.29 is 0 Å². The highest BCUT2D eigenvalue weighted by Gasteiger charge is 2.28. The minimum atomic E-state index is 0.328. The van der Waals surface area contributed by atoms with Crippen LogP contribution in [0.3, 0.4) is 0 Å². The Bertz CT molecular complexity index is 1490. The van der Waals surface area contributed by atoms with Gasteiger partial charge in [0.15, 0.2) is 0 Å². The van der Waals surface area contributed by atoms with Crippen LogP contribution in [-0.2, 0) is 19.5 Å². The van der Waals surface area contributed by atoms with Crippen LogP contribution in [0.1, 0.15) is 54.2 Å². The lowest BCUT2D eigenvalue weighted by atomic mass is 9.90. The molecule has 5 aromatic rings. The van der Waals surface area contributed by atoms with Crippen molar-refractivity contribution in [1.82, 2.24) is 29.7 Å². The van der Waals surface area contributed by atoms with Gasteiger partial charge < -0.3 is 9.88 Å². The first-order chi connectivity index (χ1) is 18.8. The Labute approximate surface area is 224 Å². The molecule has 1 aromatic carbocycles. The maximum atomic E-state index is 4.89. The molecule has 6 rings (SSSR count). The fourth-order valence-corrected chi connectivity index (χ4v) is 6.01. The SMILES string of the molecule is CN(CCCCN(Cc1nccc2c1[nH]c1ccccc12)C1CCCc2cccnc21)Cc1cccnc1. The third kappa shape index (κ3) is 5.33. The van der Waals surface area contributed by atoms with Crippen LogP contribution in [0.15, 0.2) is 79.4 Å². The van der Waals surface area contributed by atoms with Gasteiger partial charge in [0.05, 0.1) is 22.9 Å². The van der Waals surface area contributed by atoms with Crippen LogP contribution < -0.4 is 0 Å². The van der Waals surface area contributed by atoms with E-state index in [0.29, 0.717) is 6.04 Å². The summed E-state index contributed by atoms with van der Waals surface area (Å²) in [6.45, 7) is 3.85. The molecule has 4 aromatic heterocycles. The number of aryl methyl sites for hydroxylation is 1. The number of aromatic nitrogens is 4. The lowest BCUT2D eigenvalue weighted by Gasteiger charge is -2.35. The lowest BCUT2D eigenvalue weighted by molar-refractivity contribution is 0.158. The summed E-state index contributed by atoms with van der Waals surface area (Å²) in [6, 6.07) is 19.5. The Morgan fingerprint density at radius 3 is 2.68 bits per heavy atom. The normalized spacial score (nSPS) is 15.5. The summed E-state index contributed by atoms with van der Waals surface area (Å²) < 4.78 is 0. The van der Waals surface area contributed by atoms with E-state index in [1.54, 1.807) is 0 Å². The van der Waals surface area contributed by atoms with E-state index in [2.05, 4.69) is 75.3 Å². The number of unbranched alkanes of at least 4 members (excludes halogenated alkanes) is 1. The summed E-state index contributed by atoms with van der Waals surface area (Å²) in [6.07, 6.45) is 13.5. The quantitative estimate of drug-likeness (QED) is 0.226. The number of rotatable bonds is 10. The van der Waals surface area contributed by atoms with Crippen molar-refractivity contribution in [2.75, 3.05) is 20.1 Å². The number of aromatic amines is 1. The van der Waals surface area contributed by atoms with Crippen LogP contribution in [0.25, 0.3) is 21.8 Å². The standard InChI is InChI=1S/C32H36N6/c1-37(22-24-9-7-16-33-21-24)19-4-5-20-38(30-14-6-10-25-11-8-17-35-31(25)30)23-29-32-27(15-18-34-29)26-12-2-3-13-28(26)36-32/h2-3,7-9,11-13,15-18,21,30,36H,4-6,10,14,19-20,22-23H2,1H3. The molecular weight excluding hydrogens is 468 g/mol. The molecular formula is C32H36N6. The molecule has 1 N–H and O–H groups in total. The van der Waals surface area contributed by atoms with E-state index in [0.717, 1.165) is 63.1 Å². The largest absolute Gasteiger partial charge is 0.353 e. The number of hydrogen-bond donors (Lipinski definition) is 1. The van der Waals surface area contributed by atoms with Gasteiger partial charge in [0.1, 0.15) is 0 Å². The highest BCUT2D eigenvalue weighted by Crippen LogP contribution is 2.35. The Morgan fingerprint density at radius 1 is 0.868 bits per heavy atom. The number of benzene rings is 1. The van der Waals surface area contributed by atoms with Crippen LogP contribution in [0.5, 0.6) is 0 Å². The van der Waals surface area contributed by atoms with Gasteiger partial charge in [-0.25, -0.2) is 0 Å². The van der Waals surface area contributed by atoms with E-state index in [4.69, 9.17) is 9.97 Å². The minimum absolute atomic E-state index is 0.328. The molecule has 1 aliphatic rings. The minimum Gasteiger partial charge on any atom is -0.353 e. The summed E-state index contributed by atoms with van der Waals surface area (Å²) in [5, 5.41) is 2.52. The van der Waals surface area contributed by atoms with Crippen LogP contribution in [0.2, 0.25) is 0 Å². The van der Waals surface area contributed by atoms with E-state index in [-0.39, 0.29) is 0 Å². The molecule has 0 saturated heterocycles. The average Bonchev–Trinajstić information content (AvgIpc) is 3.35. The second-order valence-corrected chi connectivity index (χ2v) is 10.6. The van der Waals surface area contributed by atoms with Gasteiger partial charge in [0.25, 0.3) is 0 Å². The van der Waals surface area contributed by atoms with Crippen molar-refractivity contribution in [2.24, 2.45) is 0 Å². The zero-order valence-electron chi connectivity index (χ0n) is 22.2. The molecule has 38 heavy (non-hydrogen) atoms. The van der Waals surface area contributed by atoms with Gasteiger partial charge in [-0.1, -0.05) is 30.3 Å². The molecule has 194 valence electrons. The lowest BCUT2D eigenvalue weighted by Crippen LogP contribution is -2.33. The first-order valence-corrected chi connectivity index (χ1v) is 13.9. The number of pyridine rings is 3. The first-order valence-electron chi connectivity index (χ1n) is 13.9.